The summed E-state index contributed by atoms with van der Waals surface area (Å²) in [6, 6.07) is -0.429. The molecule has 15 heavy (non-hydrogen) atoms. The van der Waals surface area contributed by atoms with Crippen LogP contribution in [0, 0.1) is 5.41 Å². The fraction of sp³-hybridized carbons (Fsp3) is 0.909. The van der Waals surface area contributed by atoms with Crippen molar-refractivity contribution in [1.82, 2.24) is 5.32 Å². The van der Waals surface area contributed by atoms with Crippen LogP contribution in [-0.4, -0.2) is 30.0 Å². The molecule has 0 fully saturated rings. The van der Waals surface area contributed by atoms with Crippen molar-refractivity contribution in [2.45, 2.75) is 45.4 Å². The van der Waals surface area contributed by atoms with Crippen molar-refractivity contribution in [2.75, 3.05) is 12.8 Å². The van der Waals surface area contributed by atoms with Crippen molar-refractivity contribution in [1.29, 1.82) is 0 Å². The Labute approximate surface area is 97.6 Å². The zero-order valence-corrected chi connectivity index (χ0v) is 11.3. The van der Waals surface area contributed by atoms with Crippen LogP contribution in [0.1, 0.15) is 34.1 Å². The van der Waals surface area contributed by atoms with Gasteiger partial charge < -0.3 is 11.1 Å². The second-order valence-corrected chi connectivity index (χ2v) is 6.25. The Hall–Kier alpha value is -0.220. The van der Waals surface area contributed by atoms with Crippen LogP contribution in [0.2, 0.25) is 0 Å². The van der Waals surface area contributed by atoms with E-state index in [0.29, 0.717) is 11.8 Å². The quantitative estimate of drug-likeness (QED) is 0.757. The van der Waals surface area contributed by atoms with Crippen LogP contribution in [0.25, 0.3) is 0 Å². The molecule has 0 aromatic rings. The average molecular weight is 232 g/mol. The van der Waals surface area contributed by atoms with Gasteiger partial charge in [-0.15, -0.1) is 0 Å². The number of nitrogens with one attached hydrogen (secondary N) is 1. The predicted molar refractivity (Wildman–Crippen MR) is 68.0 cm³/mol. The van der Waals surface area contributed by atoms with E-state index in [1.54, 1.807) is 0 Å². The Morgan fingerprint density at radius 3 is 2.40 bits per heavy atom. The number of thioether (sulfide) groups is 1. The van der Waals surface area contributed by atoms with Gasteiger partial charge in [0.25, 0.3) is 0 Å². The number of hydrogen-bond acceptors (Lipinski definition) is 3. The second-order valence-electron chi connectivity index (χ2n) is 4.97. The Kier molecular flexibility index (Phi) is 6.29. The summed E-state index contributed by atoms with van der Waals surface area (Å²) in [4.78, 5) is 11.6. The molecule has 0 saturated carbocycles. The maximum absolute atomic E-state index is 11.6. The smallest absolute Gasteiger partial charge is 0.237 e. The summed E-state index contributed by atoms with van der Waals surface area (Å²) >= 11 is 1.81. The summed E-state index contributed by atoms with van der Waals surface area (Å²) in [5, 5.41) is 3.46. The van der Waals surface area contributed by atoms with Crippen LogP contribution < -0.4 is 11.1 Å². The lowest BCUT2D eigenvalue weighted by molar-refractivity contribution is -0.124. The Bertz CT molecular complexity index is 201. The Balaban J connectivity index is 3.85. The normalized spacial score (nSPS) is 15.9. The van der Waals surface area contributed by atoms with Gasteiger partial charge in [-0.05, 0) is 18.1 Å². The van der Waals surface area contributed by atoms with Crippen LogP contribution in [-0.2, 0) is 4.79 Å². The van der Waals surface area contributed by atoms with Crippen LogP contribution in [0.5, 0.6) is 0 Å². The van der Waals surface area contributed by atoms with Crippen molar-refractivity contribution in [2.24, 2.45) is 11.1 Å². The van der Waals surface area contributed by atoms with E-state index in [1.165, 1.54) is 0 Å². The monoisotopic (exact) mass is 232 g/mol. The summed E-state index contributed by atoms with van der Waals surface area (Å²) in [5.41, 5.74) is 5.65. The third-order valence-electron chi connectivity index (χ3n) is 2.47. The Morgan fingerprint density at radius 1 is 1.47 bits per heavy atom. The summed E-state index contributed by atoms with van der Waals surface area (Å²) in [5.74, 6) is -0.0456. The first-order chi connectivity index (χ1) is 6.79. The highest BCUT2D eigenvalue weighted by Crippen LogP contribution is 2.17. The minimum absolute atomic E-state index is 0.0456. The van der Waals surface area contributed by atoms with Gasteiger partial charge in [-0.1, -0.05) is 27.7 Å². The zero-order valence-electron chi connectivity index (χ0n) is 10.5. The fourth-order valence-corrected chi connectivity index (χ4v) is 1.37. The largest absolute Gasteiger partial charge is 0.355 e. The molecule has 0 heterocycles. The molecule has 0 rings (SSSR count). The third kappa shape index (κ3) is 6.05. The Morgan fingerprint density at radius 2 is 2.00 bits per heavy atom. The van der Waals surface area contributed by atoms with Crippen LogP contribution in [0.15, 0.2) is 0 Å². The summed E-state index contributed by atoms with van der Waals surface area (Å²) < 4.78 is 0. The first-order valence-corrected chi connectivity index (χ1v) is 6.64. The summed E-state index contributed by atoms with van der Waals surface area (Å²) in [6.07, 6.45) is 3.07. The molecule has 0 spiro atoms. The zero-order chi connectivity index (χ0) is 12.1. The van der Waals surface area contributed by atoms with E-state index >= 15 is 0 Å². The standard InChI is InChI=1S/C11H24N2OS/c1-8(15-5)6-7-13-10(14)9(12)11(2,3)4/h8-9H,6-7,12H2,1-5H3,(H,13,14)/t8?,9-/m1/s1. The highest BCUT2D eigenvalue weighted by atomic mass is 32.2. The number of carbonyl (C=O) groups is 1. The second kappa shape index (κ2) is 6.38. The maximum Gasteiger partial charge on any atom is 0.237 e. The molecule has 0 bridgehead atoms. The number of hydrogen-bond donors (Lipinski definition) is 2. The molecule has 3 N–H and O–H groups in total. The van der Waals surface area contributed by atoms with Crippen LogP contribution in [0.4, 0.5) is 0 Å². The van der Waals surface area contributed by atoms with Gasteiger partial charge in [-0.3, -0.25) is 4.79 Å². The van der Waals surface area contributed by atoms with E-state index in [2.05, 4.69) is 18.5 Å². The van der Waals surface area contributed by atoms with Crippen molar-refractivity contribution >= 4 is 17.7 Å². The first-order valence-electron chi connectivity index (χ1n) is 5.35. The van der Waals surface area contributed by atoms with Gasteiger partial charge in [0.2, 0.25) is 5.91 Å². The molecule has 4 heteroatoms. The van der Waals surface area contributed by atoms with Crippen molar-refractivity contribution in [3.05, 3.63) is 0 Å². The van der Waals surface area contributed by atoms with E-state index in [4.69, 9.17) is 5.73 Å². The number of nitrogens with two attached hydrogens (primary N) is 1. The molecule has 1 unspecified atom stereocenters. The lowest BCUT2D eigenvalue weighted by Crippen LogP contribution is -2.48. The molecular weight excluding hydrogens is 208 g/mol. The lowest BCUT2D eigenvalue weighted by Gasteiger charge is -2.26. The molecule has 0 radical (unpaired) electrons. The average Bonchev–Trinajstić information content (AvgIpc) is 2.14. The maximum atomic E-state index is 11.6. The molecule has 1 amide bonds. The SMILES string of the molecule is CSC(C)CCNC(=O)[C@@H](N)C(C)(C)C. The molecule has 0 aliphatic heterocycles. The minimum Gasteiger partial charge on any atom is -0.355 e. The van der Waals surface area contributed by atoms with E-state index in [-0.39, 0.29) is 11.3 Å². The minimum atomic E-state index is -0.429. The molecular formula is C11H24N2OS. The van der Waals surface area contributed by atoms with Crippen LogP contribution in [0.3, 0.4) is 0 Å². The summed E-state index contributed by atoms with van der Waals surface area (Å²) in [7, 11) is 0. The van der Waals surface area contributed by atoms with Gasteiger partial charge in [0.15, 0.2) is 0 Å². The van der Waals surface area contributed by atoms with Crippen LogP contribution >= 0.6 is 11.8 Å². The summed E-state index contributed by atoms with van der Waals surface area (Å²) in [6.45, 7) is 8.79. The molecule has 0 aliphatic rings. The van der Waals surface area contributed by atoms with Gasteiger partial charge in [-0.2, -0.15) is 11.8 Å². The van der Waals surface area contributed by atoms with Gasteiger partial charge in [0.05, 0.1) is 6.04 Å². The van der Waals surface area contributed by atoms with Gasteiger partial charge in [-0.25, -0.2) is 0 Å². The first kappa shape index (κ1) is 14.8. The highest BCUT2D eigenvalue weighted by molar-refractivity contribution is 7.99. The molecule has 2 atom stereocenters. The molecule has 0 aromatic carbocycles. The lowest BCUT2D eigenvalue weighted by atomic mass is 9.87. The molecule has 0 aliphatic carbocycles. The number of amides is 1. The van der Waals surface area contributed by atoms with E-state index < -0.39 is 6.04 Å². The number of rotatable bonds is 5. The molecule has 0 aromatic heterocycles. The van der Waals surface area contributed by atoms with E-state index in [9.17, 15) is 4.79 Å². The van der Waals surface area contributed by atoms with E-state index in [1.807, 2.05) is 32.5 Å². The topological polar surface area (TPSA) is 55.1 Å². The number of carbonyl (C=O) groups excluding carboxylic acids is 1. The van der Waals surface area contributed by atoms with Gasteiger partial charge in [0.1, 0.15) is 0 Å². The van der Waals surface area contributed by atoms with Crippen molar-refractivity contribution in [3.63, 3.8) is 0 Å². The van der Waals surface area contributed by atoms with Crippen molar-refractivity contribution < 1.29 is 4.79 Å². The van der Waals surface area contributed by atoms with Gasteiger partial charge in [0, 0.05) is 11.8 Å². The highest BCUT2D eigenvalue weighted by Gasteiger charge is 2.26. The van der Waals surface area contributed by atoms with Gasteiger partial charge >= 0.3 is 0 Å². The van der Waals surface area contributed by atoms with E-state index in [0.717, 1.165) is 6.42 Å². The predicted octanol–water partition coefficient (Wildman–Crippen LogP) is 1.62. The molecule has 3 nitrogen and oxygen atoms in total. The third-order valence-corrected chi connectivity index (χ3v) is 3.51. The molecule has 90 valence electrons. The van der Waals surface area contributed by atoms with Crippen molar-refractivity contribution in [3.8, 4) is 0 Å². The fourth-order valence-electron chi connectivity index (χ4n) is 1.02. The molecule has 0 saturated heterocycles.